The van der Waals surface area contributed by atoms with E-state index in [-0.39, 0.29) is 23.4 Å². The van der Waals surface area contributed by atoms with E-state index in [2.05, 4.69) is 5.32 Å². The molecule has 0 spiro atoms. The first-order valence-electron chi connectivity index (χ1n) is 10.4. The van der Waals surface area contributed by atoms with Crippen LogP contribution in [-0.4, -0.2) is 23.6 Å². The predicted octanol–water partition coefficient (Wildman–Crippen LogP) is 6.21. The molecular weight excluding hydrogens is 491 g/mol. The Balaban J connectivity index is 1.82. The summed E-state index contributed by atoms with van der Waals surface area (Å²) < 4.78 is 11.5. The lowest BCUT2D eigenvalue weighted by molar-refractivity contribution is -0.112. The molecule has 0 radical (unpaired) electrons. The van der Waals surface area contributed by atoms with Crippen molar-refractivity contribution >= 4 is 46.8 Å². The molecule has 3 aromatic carbocycles. The van der Waals surface area contributed by atoms with Crippen LogP contribution in [0.1, 0.15) is 28.4 Å². The second-order valence-electron chi connectivity index (χ2n) is 7.14. The summed E-state index contributed by atoms with van der Waals surface area (Å²) in [5.74, 6) is -1.06. The molecule has 0 bridgehead atoms. The standard InChI is InChI=1S/C26H20Cl2N2O5/c1-2-34-24-12-16(7-10-23(24)35-15-17-8-9-19(27)13-21(17)28)11-18(14-29)25(31)30-22-6-4-3-5-20(22)26(32)33/h3-13H,2,15H2,1H3,(H,30,31)(H,32,33)/b18-11+. The fourth-order valence-corrected chi connectivity index (χ4v) is 3.54. The van der Waals surface area contributed by atoms with Crippen LogP contribution in [0, 0.1) is 11.3 Å². The maximum atomic E-state index is 12.6. The van der Waals surface area contributed by atoms with Crippen molar-refractivity contribution < 1.29 is 24.2 Å². The first kappa shape index (κ1) is 25.6. The third-order valence-electron chi connectivity index (χ3n) is 4.75. The van der Waals surface area contributed by atoms with Crippen LogP contribution in [0.2, 0.25) is 10.0 Å². The molecule has 0 unspecified atom stereocenters. The fraction of sp³-hybridized carbons (Fsp3) is 0.115. The van der Waals surface area contributed by atoms with Crippen molar-refractivity contribution in [2.75, 3.05) is 11.9 Å². The fourth-order valence-electron chi connectivity index (χ4n) is 3.08. The molecule has 0 aliphatic carbocycles. The number of carbonyl (C=O) groups excluding carboxylic acids is 1. The number of halogens is 2. The Morgan fingerprint density at radius 2 is 1.83 bits per heavy atom. The summed E-state index contributed by atoms with van der Waals surface area (Å²) in [6.07, 6.45) is 1.38. The zero-order valence-corrected chi connectivity index (χ0v) is 20.1. The van der Waals surface area contributed by atoms with Gasteiger partial charge in [-0.15, -0.1) is 0 Å². The molecule has 0 saturated carbocycles. The predicted molar refractivity (Wildman–Crippen MR) is 134 cm³/mol. The highest BCUT2D eigenvalue weighted by Gasteiger charge is 2.15. The van der Waals surface area contributed by atoms with Gasteiger partial charge >= 0.3 is 5.97 Å². The number of benzene rings is 3. The average molecular weight is 511 g/mol. The lowest BCUT2D eigenvalue weighted by Crippen LogP contribution is -2.16. The molecule has 0 atom stereocenters. The Morgan fingerprint density at radius 3 is 2.51 bits per heavy atom. The second kappa shape index (κ2) is 11.9. The maximum absolute atomic E-state index is 12.6. The summed E-state index contributed by atoms with van der Waals surface area (Å²) in [4.78, 5) is 24.0. The van der Waals surface area contributed by atoms with E-state index in [0.717, 1.165) is 5.56 Å². The van der Waals surface area contributed by atoms with Gasteiger partial charge in [0.1, 0.15) is 18.2 Å². The number of aromatic carboxylic acids is 1. The van der Waals surface area contributed by atoms with Crippen molar-refractivity contribution in [3.05, 3.63) is 93.0 Å². The molecule has 178 valence electrons. The highest BCUT2D eigenvalue weighted by Crippen LogP contribution is 2.31. The number of carbonyl (C=O) groups is 2. The van der Waals surface area contributed by atoms with Crippen molar-refractivity contribution in [1.82, 2.24) is 0 Å². The van der Waals surface area contributed by atoms with Gasteiger partial charge in [-0.25, -0.2) is 4.79 Å². The maximum Gasteiger partial charge on any atom is 0.337 e. The number of para-hydroxylation sites is 1. The van der Waals surface area contributed by atoms with Crippen LogP contribution in [0.3, 0.4) is 0 Å². The number of nitrogens with zero attached hydrogens (tertiary/aromatic N) is 1. The van der Waals surface area contributed by atoms with Crippen LogP contribution in [0.25, 0.3) is 6.08 Å². The summed E-state index contributed by atoms with van der Waals surface area (Å²) in [7, 11) is 0. The number of ether oxygens (including phenoxy) is 2. The Labute approximate surface area is 212 Å². The molecule has 0 aliphatic heterocycles. The number of hydrogen-bond donors (Lipinski definition) is 2. The lowest BCUT2D eigenvalue weighted by atomic mass is 10.1. The van der Waals surface area contributed by atoms with Crippen LogP contribution < -0.4 is 14.8 Å². The molecule has 3 aromatic rings. The topological polar surface area (TPSA) is 109 Å². The van der Waals surface area contributed by atoms with Gasteiger partial charge in [0.05, 0.1) is 17.9 Å². The summed E-state index contributed by atoms with van der Waals surface area (Å²) in [6.45, 7) is 2.36. The SMILES string of the molecule is CCOc1cc(/C=C(\C#N)C(=O)Nc2ccccc2C(=O)O)ccc1OCc1ccc(Cl)cc1Cl. The number of carboxylic acids is 1. The van der Waals surface area contributed by atoms with Crippen molar-refractivity contribution in [3.63, 3.8) is 0 Å². The molecule has 9 heteroatoms. The third-order valence-corrected chi connectivity index (χ3v) is 5.33. The number of carboxylic acid groups (broad SMARTS) is 1. The highest BCUT2D eigenvalue weighted by atomic mass is 35.5. The summed E-state index contributed by atoms with van der Waals surface area (Å²) in [5.41, 5.74) is 1.05. The van der Waals surface area contributed by atoms with E-state index < -0.39 is 11.9 Å². The number of amides is 1. The molecule has 35 heavy (non-hydrogen) atoms. The molecule has 0 heterocycles. The number of anilines is 1. The molecular formula is C26H20Cl2N2O5. The average Bonchev–Trinajstić information content (AvgIpc) is 2.83. The Hall–Kier alpha value is -3.99. The minimum absolute atomic E-state index is 0.0842. The monoisotopic (exact) mass is 510 g/mol. The van der Waals surface area contributed by atoms with Crippen LogP contribution in [-0.2, 0) is 11.4 Å². The Morgan fingerprint density at radius 1 is 1.06 bits per heavy atom. The highest BCUT2D eigenvalue weighted by molar-refractivity contribution is 6.35. The normalized spacial score (nSPS) is 10.9. The van der Waals surface area contributed by atoms with Crippen LogP contribution in [0.5, 0.6) is 11.5 Å². The second-order valence-corrected chi connectivity index (χ2v) is 7.98. The van der Waals surface area contributed by atoms with Gasteiger partial charge in [0.15, 0.2) is 11.5 Å². The van der Waals surface area contributed by atoms with E-state index in [1.807, 2.05) is 13.0 Å². The number of nitriles is 1. The molecule has 7 nitrogen and oxygen atoms in total. The Bertz CT molecular complexity index is 1330. The third kappa shape index (κ3) is 6.76. The molecule has 0 fully saturated rings. The molecule has 2 N–H and O–H groups in total. The zero-order valence-electron chi connectivity index (χ0n) is 18.5. The summed E-state index contributed by atoms with van der Waals surface area (Å²) in [6, 6.07) is 17.8. The lowest BCUT2D eigenvalue weighted by Gasteiger charge is -2.13. The van der Waals surface area contributed by atoms with Gasteiger partial charge in [-0.2, -0.15) is 5.26 Å². The molecule has 1 amide bonds. The van der Waals surface area contributed by atoms with Gasteiger partial charge in [-0.05, 0) is 55.0 Å². The number of nitrogens with one attached hydrogen (secondary N) is 1. The van der Waals surface area contributed by atoms with Gasteiger partial charge in [0.2, 0.25) is 0 Å². The molecule has 3 rings (SSSR count). The number of rotatable bonds is 9. The van der Waals surface area contributed by atoms with Gasteiger partial charge < -0.3 is 19.9 Å². The van der Waals surface area contributed by atoms with E-state index in [1.165, 1.54) is 18.2 Å². The van der Waals surface area contributed by atoms with Crippen LogP contribution in [0.4, 0.5) is 5.69 Å². The van der Waals surface area contributed by atoms with E-state index >= 15 is 0 Å². The van der Waals surface area contributed by atoms with E-state index in [0.29, 0.717) is 33.7 Å². The van der Waals surface area contributed by atoms with E-state index in [1.54, 1.807) is 48.5 Å². The molecule has 0 saturated heterocycles. The minimum atomic E-state index is -1.19. The van der Waals surface area contributed by atoms with Crippen molar-refractivity contribution in [2.24, 2.45) is 0 Å². The van der Waals surface area contributed by atoms with Gasteiger partial charge in [0, 0.05) is 15.6 Å². The van der Waals surface area contributed by atoms with Crippen molar-refractivity contribution in [3.8, 4) is 17.6 Å². The van der Waals surface area contributed by atoms with Gasteiger partial charge in [-0.1, -0.05) is 47.5 Å². The van der Waals surface area contributed by atoms with Crippen molar-refractivity contribution in [1.29, 1.82) is 5.26 Å². The Kier molecular flexibility index (Phi) is 8.74. The first-order chi connectivity index (χ1) is 16.8. The first-order valence-corrected chi connectivity index (χ1v) is 11.2. The molecule has 0 aliphatic rings. The summed E-state index contributed by atoms with van der Waals surface area (Å²) in [5, 5.41) is 22.3. The number of hydrogen-bond acceptors (Lipinski definition) is 5. The van der Waals surface area contributed by atoms with Gasteiger partial charge in [0.25, 0.3) is 5.91 Å². The van der Waals surface area contributed by atoms with Crippen LogP contribution in [0.15, 0.2) is 66.2 Å². The molecule has 0 aromatic heterocycles. The largest absolute Gasteiger partial charge is 0.490 e. The smallest absolute Gasteiger partial charge is 0.337 e. The van der Waals surface area contributed by atoms with E-state index in [4.69, 9.17) is 32.7 Å². The quantitative estimate of drug-likeness (QED) is 0.261. The zero-order chi connectivity index (χ0) is 25.4. The van der Waals surface area contributed by atoms with E-state index in [9.17, 15) is 20.0 Å². The minimum Gasteiger partial charge on any atom is -0.490 e. The van der Waals surface area contributed by atoms with Crippen LogP contribution >= 0.6 is 23.2 Å². The van der Waals surface area contributed by atoms with Gasteiger partial charge in [-0.3, -0.25) is 4.79 Å². The van der Waals surface area contributed by atoms with Crippen molar-refractivity contribution in [2.45, 2.75) is 13.5 Å². The summed E-state index contributed by atoms with van der Waals surface area (Å²) >= 11 is 12.1.